The number of piperidine rings is 2. The fourth-order valence-electron chi connectivity index (χ4n) is 7.89. The number of aromatic nitrogens is 7. The number of pyridine rings is 1. The lowest BCUT2D eigenvalue weighted by molar-refractivity contribution is -0.148. The second-order valence-electron chi connectivity index (χ2n) is 13.5. The van der Waals surface area contributed by atoms with Gasteiger partial charge in [0, 0.05) is 63.5 Å². The van der Waals surface area contributed by atoms with Crippen molar-refractivity contribution >= 4 is 28.7 Å². The summed E-state index contributed by atoms with van der Waals surface area (Å²) < 4.78 is 3.83. The number of amides is 1. The molecule has 0 N–H and O–H groups in total. The molecule has 3 saturated heterocycles. The molecule has 0 aliphatic carbocycles. The van der Waals surface area contributed by atoms with Crippen molar-refractivity contribution in [2.45, 2.75) is 57.8 Å². The Bertz CT molecular complexity index is 1860. The van der Waals surface area contributed by atoms with Gasteiger partial charge in [0.05, 0.1) is 17.3 Å². The van der Waals surface area contributed by atoms with Crippen molar-refractivity contribution in [2.75, 3.05) is 49.1 Å². The average Bonchev–Trinajstić information content (AvgIpc) is 3.82. The van der Waals surface area contributed by atoms with Crippen LogP contribution >= 0.6 is 0 Å². The molecule has 0 bridgehead atoms. The van der Waals surface area contributed by atoms with Gasteiger partial charge in [0.15, 0.2) is 17.3 Å². The Morgan fingerprint density at radius 3 is 2.62 bits per heavy atom. The first kappa shape index (κ1) is 28.0. The van der Waals surface area contributed by atoms with Crippen LogP contribution in [0, 0.1) is 12.3 Å². The van der Waals surface area contributed by atoms with E-state index in [9.17, 15) is 4.79 Å². The molecule has 11 heteroatoms. The number of carbonyl (C=O) groups is 1. The van der Waals surface area contributed by atoms with E-state index in [0.29, 0.717) is 18.9 Å². The van der Waals surface area contributed by atoms with E-state index in [-0.39, 0.29) is 10.8 Å². The van der Waals surface area contributed by atoms with Crippen LogP contribution in [0.15, 0.2) is 61.3 Å². The molecule has 45 heavy (non-hydrogen) atoms. The average molecular weight is 605 g/mol. The van der Waals surface area contributed by atoms with Crippen LogP contribution in [0.2, 0.25) is 0 Å². The van der Waals surface area contributed by atoms with E-state index >= 15 is 0 Å². The molecule has 3 aliphatic heterocycles. The summed E-state index contributed by atoms with van der Waals surface area (Å²) in [7, 11) is 0. The predicted molar refractivity (Wildman–Crippen MR) is 173 cm³/mol. The first-order chi connectivity index (χ1) is 21.9. The van der Waals surface area contributed by atoms with Gasteiger partial charge < -0.3 is 14.7 Å². The third-order valence-electron chi connectivity index (χ3n) is 10.6. The summed E-state index contributed by atoms with van der Waals surface area (Å²) in [5, 5.41) is 13.2. The number of benzene rings is 1. The summed E-state index contributed by atoms with van der Waals surface area (Å²) in [5.41, 5.74) is 5.20. The van der Waals surface area contributed by atoms with E-state index in [1.54, 1.807) is 12.5 Å². The maximum absolute atomic E-state index is 13.9. The Balaban J connectivity index is 0.930. The van der Waals surface area contributed by atoms with E-state index in [2.05, 4.69) is 86.3 Å². The number of rotatable bonds is 6. The van der Waals surface area contributed by atoms with E-state index in [0.717, 1.165) is 93.3 Å². The molecule has 0 unspecified atom stereocenters. The second-order valence-corrected chi connectivity index (χ2v) is 13.5. The number of anilines is 2. The summed E-state index contributed by atoms with van der Waals surface area (Å²) >= 11 is 0. The van der Waals surface area contributed by atoms with Crippen LogP contribution in [0.25, 0.3) is 11.3 Å². The van der Waals surface area contributed by atoms with Crippen molar-refractivity contribution in [2.24, 2.45) is 5.41 Å². The van der Waals surface area contributed by atoms with Gasteiger partial charge in [0.25, 0.3) is 0 Å². The number of nitrogens with zero attached hydrogens (tertiary/aromatic N) is 10. The maximum atomic E-state index is 13.9. The standard InChI is InChI=1S/C34H40N10O/c1-25-21-27(42-17-11-33(2,23-42)26-7-4-3-5-8-26)22-44-29(25)37-28(39-44)9-16-41-15-6-10-34(32(41)45)12-18-40(19-13-34)30-31-38-36-24-43(31)20-14-35-30/h3-5,7-8,14,20-22,24H,6,9-13,15-19,23H2,1-2H3/t33-/m1/s1. The topological polar surface area (TPSA) is 100 Å². The third-order valence-corrected chi connectivity index (χ3v) is 10.6. The largest absolute Gasteiger partial charge is 0.369 e. The minimum absolute atomic E-state index is 0.134. The fourth-order valence-corrected chi connectivity index (χ4v) is 7.89. The number of carbonyl (C=O) groups excluding carboxylic acids is 1. The Labute approximate surface area is 262 Å². The molecule has 232 valence electrons. The number of hydrogen-bond donors (Lipinski definition) is 0. The van der Waals surface area contributed by atoms with Crippen molar-refractivity contribution in [1.29, 1.82) is 0 Å². The van der Waals surface area contributed by atoms with Crippen LogP contribution in [0.4, 0.5) is 11.5 Å². The highest BCUT2D eigenvalue weighted by molar-refractivity contribution is 5.84. The van der Waals surface area contributed by atoms with Crippen LogP contribution in [-0.2, 0) is 16.6 Å². The van der Waals surface area contributed by atoms with Gasteiger partial charge in [-0.2, -0.15) is 5.10 Å². The van der Waals surface area contributed by atoms with Crippen molar-refractivity contribution in [1.82, 2.24) is 39.1 Å². The number of aryl methyl sites for hydroxylation is 1. The molecule has 3 fully saturated rings. The van der Waals surface area contributed by atoms with Crippen LogP contribution in [-0.4, -0.2) is 84.3 Å². The molecule has 4 aromatic heterocycles. The van der Waals surface area contributed by atoms with Gasteiger partial charge in [0.1, 0.15) is 6.33 Å². The molecule has 1 amide bonds. The quantitative estimate of drug-likeness (QED) is 0.286. The summed E-state index contributed by atoms with van der Waals surface area (Å²) in [5.74, 6) is 1.93. The lowest BCUT2D eigenvalue weighted by Gasteiger charge is -2.46. The molecule has 3 aliphatic rings. The lowest BCUT2D eigenvalue weighted by atomic mass is 9.71. The normalized spacial score (nSPS) is 21.9. The van der Waals surface area contributed by atoms with Gasteiger partial charge in [0.2, 0.25) is 11.6 Å². The second kappa shape index (κ2) is 10.8. The summed E-state index contributed by atoms with van der Waals surface area (Å²) in [6, 6.07) is 13.1. The summed E-state index contributed by atoms with van der Waals surface area (Å²) in [6.07, 6.45) is 12.9. The first-order valence-electron chi connectivity index (χ1n) is 16.3. The predicted octanol–water partition coefficient (Wildman–Crippen LogP) is 4.10. The molecule has 0 radical (unpaired) electrons. The smallest absolute Gasteiger partial charge is 0.228 e. The van der Waals surface area contributed by atoms with Crippen LogP contribution < -0.4 is 9.80 Å². The zero-order chi connectivity index (χ0) is 30.6. The zero-order valence-corrected chi connectivity index (χ0v) is 26.1. The molecule has 1 atom stereocenters. The summed E-state index contributed by atoms with van der Waals surface area (Å²) in [4.78, 5) is 30.2. The van der Waals surface area contributed by atoms with Crippen molar-refractivity contribution < 1.29 is 4.79 Å². The minimum Gasteiger partial charge on any atom is -0.369 e. The molecule has 1 spiro atoms. The molecular weight excluding hydrogens is 564 g/mol. The van der Waals surface area contributed by atoms with Crippen LogP contribution in [0.3, 0.4) is 0 Å². The van der Waals surface area contributed by atoms with Gasteiger partial charge in [-0.05, 0) is 56.2 Å². The van der Waals surface area contributed by atoms with Crippen LogP contribution in [0.1, 0.15) is 56.0 Å². The molecule has 7 heterocycles. The molecule has 0 saturated carbocycles. The minimum atomic E-state index is -0.296. The first-order valence-corrected chi connectivity index (χ1v) is 16.3. The van der Waals surface area contributed by atoms with Gasteiger partial charge >= 0.3 is 0 Å². The number of likely N-dealkylation sites (tertiary alicyclic amines) is 1. The molecule has 11 nitrogen and oxygen atoms in total. The van der Waals surface area contributed by atoms with E-state index in [1.165, 1.54) is 11.3 Å². The molecule has 8 rings (SSSR count). The summed E-state index contributed by atoms with van der Waals surface area (Å²) in [6.45, 7) is 9.51. The SMILES string of the molecule is Cc1cc(N2CC[C@@](C)(c3ccccc3)C2)cn2nc(CCN3CCCC4(CCN(c5nccn6cnnc56)CC4)C3=O)nc12. The third kappa shape index (κ3) is 4.89. The highest BCUT2D eigenvalue weighted by Crippen LogP contribution is 2.42. The van der Waals surface area contributed by atoms with Crippen molar-refractivity contribution in [3.8, 4) is 0 Å². The van der Waals surface area contributed by atoms with Gasteiger partial charge in [-0.1, -0.05) is 37.3 Å². The Morgan fingerprint density at radius 2 is 1.78 bits per heavy atom. The lowest BCUT2D eigenvalue weighted by Crippen LogP contribution is -2.54. The van der Waals surface area contributed by atoms with Crippen molar-refractivity contribution in [3.05, 3.63) is 78.3 Å². The van der Waals surface area contributed by atoms with E-state index in [1.807, 2.05) is 15.1 Å². The Morgan fingerprint density at radius 1 is 0.956 bits per heavy atom. The van der Waals surface area contributed by atoms with Crippen LogP contribution in [0.5, 0.6) is 0 Å². The van der Waals surface area contributed by atoms with Gasteiger partial charge in [-0.25, -0.2) is 14.5 Å². The maximum Gasteiger partial charge on any atom is 0.228 e. The highest BCUT2D eigenvalue weighted by Gasteiger charge is 2.46. The number of hydrogen-bond acceptors (Lipinski definition) is 8. The Hall–Kier alpha value is -4.54. The Kier molecular flexibility index (Phi) is 6.72. The van der Waals surface area contributed by atoms with E-state index in [4.69, 9.17) is 10.1 Å². The molecule has 1 aromatic carbocycles. The molecule has 5 aromatic rings. The van der Waals surface area contributed by atoms with Gasteiger partial charge in [-0.3, -0.25) is 9.20 Å². The monoisotopic (exact) mass is 604 g/mol. The fraction of sp³-hybridized carbons (Fsp3) is 0.471. The van der Waals surface area contributed by atoms with Gasteiger partial charge in [-0.15, -0.1) is 10.2 Å². The zero-order valence-electron chi connectivity index (χ0n) is 26.1. The molecular formula is C34H40N10O. The highest BCUT2D eigenvalue weighted by atomic mass is 16.2. The number of fused-ring (bicyclic) bond motifs is 2. The van der Waals surface area contributed by atoms with E-state index < -0.39 is 0 Å². The van der Waals surface area contributed by atoms with Crippen molar-refractivity contribution in [3.63, 3.8) is 0 Å².